The molecule has 4 heterocycles. The second kappa shape index (κ2) is 9.00. The van der Waals surface area contributed by atoms with Gasteiger partial charge in [0.1, 0.15) is 11.9 Å². The SMILES string of the molecule is COc1cc(N2C(=O)c3nc(C4C=CCOC4)n(C(C)C)c3[C@H]2c2ccc(Cl)cc2)cc2c1nnn2C. The lowest BCUT2D eigenvalue weighted by molar-refractivity contribution is 0.0988. The molecule has 6 rings (SSSR count). The highest BCUT2D eigenvalue weighted by molar-refractivity contribution is 6.30. The Morgan fingerprint density at radius 2 is 1.97 bits per heavy atom. The van der Waals surface area contributed by atoms with Gasteiger partial charge in [-0.1, -0.05) is 41.1 Å². The molecular formula is C27H27ClN6O3. The molecule has 0 aliphatic carbocycles. The molecule has 2 aromatic carbocycles. The third-order valence-electron chi connectivity index (χ3n) is 6.99. The number of anilines is 1. The fourth-order valence-corrected chi connectivity index (χ4v) is 5.46. The summed E-state index contributed by atoms with van der Waals surface area (Å²) in [7, 11) is 3.40. The van der Waals surface area contributed by atoms with Crippen molar-refractivity contribution in [2.75, 3.05) is 25.2 Å². The molecule has 4 aromatic rings. The normalized spacial score (nSPS) is 19.3. The van der Waals surface area contributed by atoms with E-state index in [2.05, 4.69) is 34.8 Å². The minimum atomic E-state index is -0.416. The highest BCUT2D eigenvalue weighted by Gasteiger charge is 2.45. The number of benzene rings is 2. The molecule has 0 spiro atoms. The molecule has 0 fully saturated rings. The first-order valence-corrected chi connectivity index (χ1v) is 12.6. The number of carbonyl (C=O) groups excluding carboxylic acids is 1. The van der Waals surface area contributed by atoms with E-state index in [1.807, 2.05) is 49.5 Å². The first kappa shape index (κ1) is 23.7. The number of nitrogens with zero attached hydrogens (tertiary/aromatic N) is 6. The maximum atomic E-state index is 14.2. The van der Waals surface area contributed by atoms with Crippen LogP contribution < -0.4 is 9.64 Å². The van der Waals surface area contributed by atoms with Gasteiger partial charge in [-0.15, -0.1) is 5.10 Å². The van der Waals surface area contributed by atoms with Gasteiger partial charge in [-0.2, -0.15) is 0 Å². The van der Waals surface area contributed by atoms with Crippen LogP contribution in [0.15, 0.2) is 48.6 Å². The van der Waals surface area contributed by atoms with Gasteiger partial charge in [0.05, 0.1) is 43.1 Å². The molecule has 9 nitrogen and oxygen atoms in total. The van der Waals surface area contributed by atoms with E-state index < -0.39 is 6.04 Å². The van der Waals surface area contributed by atoms with Crippen LogP contribution in [0.1, 0.15) is 59.4 Å². The van der Waals surface area contributed by atoms with Crippen molar-refractivity contribution in [2.24, 2.45) is 7.05 Å². The van der Waals surface area contributed by atoms with Gasteiger partial charge in [-0.25, -0.2) is 9.67 Å². The summed E-state index contributed by atoms with van der Waals surface area (Å²) in [6.07, 6.45) is 4.13. The van der Waals surface area contributed by atoms with Gasteiger partial charge in [0.15, 0.2) is 17.0 Å². The molecule has 1 unspecified atom stereocenters. The lowest BCUT2D eigenvalue weighted by Crippen LogP contribution is -2.31. The fourth-order valence-electron chi connectivity index (χ4n) is 5.34. The van der Waals surface area contributed by atoms with Gasteiger partial charge < -0.3 is 14.0 Å². The summed E-state index contributed by atoms with van der Waals surface area (Å²) >= 11 is 6.25. The lowest BCUT2D eigenvalue weighted by Gasteiger charge is -2.29. The minimum Gasteiger partial charge on any atom is -0.494 e. The summed E-state index contributed by atoms with van der Waals surface area (Å²) in [5.41, 5.74) is 4.32. The Morgan fingerprint density at radius 1 is 1.19 bits per heavy atom. The average Bonchev–Trinajstić information content (AvgIpc) is 3.56. The Hall–Kier alpha value is -3.69. The van der Waals surface area contributed by atoms with Gasteiger partial charge >= 0.3 is 0 Å². The fraction of sp³-hybridized carbons (Fsp3) is 0.333. The average molecular weight is 519 g/mol. The molecule has 0 saturated heterocycles. The van der Waals surface area contributed by atoms with Crippen molar-refractivity contribution in [2.45, 2.75) is 31.8 Å². The van der Waals surface area contributed by atoms with Crippen LogP contribution in [0.5, 0.6) is 5.75 Å². The molecule has 0 N–H and O–H groups in total. The molecule has 2 aromatic heterocycles. The Bertz CT molecular complexity index is 1540. The minimum absolute atomic E-state index is 0.0224. The van der Waals surface area contributed by atoms with Crippen LogP contribution >= 0.6 is 11.6 Å². The zero-order valence-corrected chi connectivity index (χ0v) is 21.8. The number of hydrogen-bond donors (Lipinski definition) is 0. The van der Waals surface area contributed by atoms with E-state index in [0.29, 0.717) is 40.9 Å². The molecule has 2 aliphatic rings. The van der Waals surface area contributed by atoms with Crippen molar-refractivity contribution >= 4 is 34.2 Å². The van der Waals surface area contributed by atoms with Crippen molar-refractivity contribution in [3.05, 3.63) is 76.3 Å². The summed E-state index contributed by atoms with van der Waals surface area (Å²) in [5, 5.41) is 9.00. The maximum Gasteiger partial charge on any atom is 0.279 e. The Labute approximate surface area is 219 Å². The Kier molecular flexibility index (Phi) is 5.77. The number of methoxy groups -OCH3 is 1. The van der Waals surface area contributed by atoms with Crippen LogP contribution in [-0.4, -0.2) is 50.8 Å². The van der Waals surface area contributed by atoms with E-state index in [9.17, 15) is 4.79 Å². The lowest BCUT2D eigenvalue weighted by atomic mass is 10.0. The number of hydrogen-bond acceptors (Lipinski definition) is 6. The van der Waals surface area contributed by atoms with E-state index >= 15 is 0 Å². The molecule has 190 valence electrons. The van der Waals surface area contributed by atoms with Crippen LogP contribution in [-0.2, 0) is 11.8 Å². The van der Waals surface area contributed by atoms with Gasteiger partial charge in [0, 0.05) is 24.2 Å². The van der Waals surface area contributed by atoms with Crippen molar-refractivity contribution < 1.29 is 14.3 Å². The second-order valence-corrected chi connectivity index (χ2v) is 10.0. The highest BCUT2D eigenvalue weighted by atomic mass is 35.5. The number of amides is 1. The number of ether oxygens (including phenoxy) is 2. The maximum absolute atomic E-state index is 14.2. The monoisotopic (exact) mass is 518 g/mol. The van der Waals surface area contributed by atoms with Crippen molar-refractivity contribution in [3.63, 3.8) is 0 Å². The molecule has 2 atom stereocenters. The van der Waals surface area contributed by atoms with E-state index in [-0.39, 0.29) is 17.9 Å². The standard InChI is InChI=1S/C27H27ClN6O3/c1-15(2)33-25-23(29-26(33)17-6-5-11-37-14-17)27(35)34(24(25)16-7-9-18(28)10-8-16)19-12-20-22(21(13-19)36-4)30-31-32(20)3/h5-10,12-13,15,17,24H,11,14H2,1-4H3/t17?,24-/m1/s1. The zero-order chi connectivity index (χ0) is 25.8. The first-order valence-electron chi connectivity index (χ1n) is 12.2. The Morgan fingerprint density at radius 3 is 2.65 bits per heavy atom. The number of fused-ring (bicyclic) bond motifs is 2. The summed E-state index contributed by atoms with van der Waals surface area (Å²) in [4.78, 5) is 20.9. The Balaban J connectivity index is 1.59. The first-order chi connectivity index (χ1) is 17.9. The predicted molar refractivity (Wildman–Crippen MR) is 140 cm³/mol. The van der Waals surface area contributed by atoms with Crippen LogP contribution in [0, 0.1) is 0 Å². The van der Waals surface area contributed by atoms with Gasteiger partial charge in [-0.3, -0.25) is 9.69 Å². The van der Waals surface area contributed by atoms with Gasteiger partial charge in [0.2, 0.25) is 0 Å². The third-order valence-corrected chi connectivity index (χ3v) is 7.24. The number of aryl methyl sites for hydroxylation is 1. The molecule has 37 heavy (non-hydrogen) atoms. The van der Waals surface area contributed by atoms with E-state index in [1.54, 1.807) is 16.7 Å². The molecule has 0 bridgehead atoms. The largest absolute Gasteiger partial charge is 0.494 e. The van der Waals surface area contributed by atoms with Crippen molar-refractivity contribution in [3.8, 4) is 5.75 Å². The summed E-state index contributed by atoms with van der Waals surface area (Å²) in [6, 6.07) is 11.0. The molecule has 0 radical (unpaired) electrons. The van der Waals surface area contributed by atoms with E-state index in [0.717, 1.165) is 22.6 Å². The van der Waals surface area contributed by atoms with Crippen LogP contribution in [0.3, 0.4) is 0 Å². The van der Waals surface area contributed by atoms with Crippen LogP contribution in [0.4, 0.5) is 5.69 Å². The molecular weight excluding hydrogens is 492 g/mol. The summed E-state index contributed by atoms with van der Waals surface area (Å²) in [5.74, 6) is 1.19. The smallest absolute Gasteiger partial charge is 0.279 e. The van der Waals surface area contributed by atoms with Gasteiger partial charge in [-0.05, 0) is 37.6 Å². The van der Waals surface area contributed by atoms with Crippen LogP contribution in [0.25, 0.3) is 11.0 Å². The number of imidazole rings is 1. The number of rotatable bonds is 5. The zero-order valence-electron chi connectivity index (χ0n) is 21.1. The summed E-state index contributed by atoms with van der Waals surface area (Å²) in [6.45, 7) is 5.35. The van der Waals surface area contributed by atoms with E-state index in [1.165, 1.54) is 0 Å². The molecule has 0 saturated carbocycles. The molecule has 1 amide bonds. The second-order valence-electron chi connectivity index (χ2n) is 9.60. The predicted octanol–water partition coefficient (Wildman–Crippen LogP) is 4.83. The van der Waals surface area contributed by atoms with Crippen LogP contribution in [0.2, 0.25) is 5.02 Å². The van der Waals surface area contributed by atoms with Crippen molar-refractivity contribution in [1.82, 2.24) is 24.5 Å². The highest BCUT2D eigenvalue weighted by Crippen LogP contribution is 2.45. The molecule has 2 aliphatic heterocycles. The quantitative estimate of drug-likeness (QED) is 0.352. The molecule has 10 heteroatoms. The van der Waals surface area contributed by atoms with Gasteiger partial charge in [0.25, 0.3) is 5.91 Å². The van der Waals surface area contributed by atoms with Crippen molar-refractivity contribution in [1.29, 1.82) is 0 Å². The number of carbonyl (C=O) groups is 1. The third kappa shape index (κ3) is 3.72. The van der Waals surface area contributed by atoms with E-state index in [4.69, 9.17) is 26.1 Å². The number of aromatic nitrogens is 5. The number of halogens is 1. The topological polar surface area (TPSA) is 87.3 Å². The summed E-state index contributed by atoms with van der Waals surface area (Å²) < 4.78 is 15.2.